The molecule has 3 heteroatoms. The fourth-order valence-electron chi connectivity index (χ4n) is 0.713. The Balaban J connectivity index is 3.14. The van der Waals surface area contributed by atoms with Gasteiger partial charge >= 0.3 is 0 Å². The molecule has 0 aliphatic heterocycles. The lowest BCUT2D eigenvalue weighted by atomic mass is 10.2. The van der Waals surface area contributed by atoms with Crippen molar-refractivity contribution in [2.45, 2.75) is 0 Å². The average molecular weight is 199 g/mol. The Morgan fingerprint density at radius 1 is 1.25 bits per heavy atom. The molecule has 0 spiro atoms. The van der Waals surface area contributed by atoms with E-state index in [1.165, 1.54) is 5.94 Å². The Bertz CT molecular complexity index is 355. The summed E-state index contributed by atoms with van der Waals surface area (Å²) in [7, 11) is 0. The summed E-state index contributed by atoms with van der Waals surface area (Å²) in [5.41, 5.74) is 2.91. The van der Waals surface area contributed by atoms with Gasteiger partial charge in [-0.25, -0.2) is 4.79 Å². The highest BCUT2D eigenvalue weighted by Gasteiger charge is 1.95. The van der Waals surface area contributed by atoms with Gasteiger partial charge in [-0.3, -0.25) is 0 Å². The van der Waals surface area contributed by atoms with Gasteiger partial charge in [0.15, 0.2) is 5.94 Å². The van der Waals surface area contributed by atoms with E-state index in [1.54, 1.807) is 24.3 Å². The zero-order chi connectivity index (χ0) is 8.97. The highest BCUT2D eigenvalue weighted by atomic mass is 35.5. The van der Waals surface area contributed by atoms with E-state index in [4.69, 9.17) is 23.2 Å². The molecule has 0 bridgehead atoms. The molecule has 0 aromatic heterocycles. The summed E-state index contributed by atoms with van der Waals surface area (Å²) in [5.74, 6) is 1.48. The molecule has 1 aromatic carbocycles. The predicted octanol–water partition coefficient (Wildman–Crippen LogP) is 2.91. The van der Waals surface area contributed by atoms with Crippen molar-refractivity contribution in [2.24, 2.45) is 0 Å². The van der Waals surface area contributed by atoms with Crippen LogP contribution in [0.15, 0.2) is 30.0 Å². The highest BCUT2D eigenvalue weighted by Crippen LogP contribution is 2.18. The van der Waals surface area contributed by atoms with Crippen LogP contribution in [0.5, 0.6) is 0 Å². The molecule has 0 saturated heterocycles. The number of benzene rings is 1. The van der Waals surface area contributed by atoms with Gasteiger partial charge in [0.25, 0.3) is 0 Å². The second-order valence-corrected chi connectivity index (χ2v) is 2.86. The van der Waals surface area contributed by atoms with Crippen LogP contribution in [-0.4, -0.2) is 5.94 Å². The van der Waals surface area contributed by atoms with Gasteiger partial charge in [0.05, 0.1) is 0 Å². The normalized spacial score (nSPS) is 8.50. The minimum Gasteiger partial charge on any atom is -0.224 e. The number of carbonyl (C=O) groups excluding carboxylic acids is 1. The maximum absolute atomic E-state index is 9.89. The Kier molecular flexibility index (Phi) is 3.16. The fraction of sp³-hybridized carbons (Fsp3) is 0. The van der Waals surface area contributed by atoms with E-state index in [1.807, 2.05) is 0 Å². The van der Waals surface area contributed by atoms with Gasteiger partial charge in [-0.1, -0.05) is 35.3 Å². The first-order valence-electron chi connectivity index (χ1n) is 3.15. The Hall–Kier alpha value is -0.970. The summed E-state index contributed by atoms with van der Waals surface area (Å²) >= 11 is 11.3. The van der Waals surface area contributed by atoms with Gasteiger partial charge in [-0.05, 0) is 17.9 Å². The molecule has 0 N–H and O–H groups in total. The lowest BCUT2D eigenvalue weighted by Crippen LogP contribution is -1.73. The molecule has 0 fully saturated rings. The van der Waals surface area contributed by atoms with Crippen molar-refractivity contribution in [1.82, 2.24) is 0 Å². The van der Waals surface area contributed by atoms with Crippen molar-refractivity contribution in [3.05, 3.63) is 40.6 Å². The van der Waals surface area contributed by atoms with E-state index >= 15 is 0 Å². The molecule has 0 amide bonds. The first kappa shape index (κ1) is 9.12. The van der Waals surface area contributed by atoms with Crippen LogP contribution in [-0.2, 0) is 4.79 Å². The monoisotopic (exact) mass is 198 g/mol. The number of hydrogen-bond acceptors (Lipinski definition) is 1. The van der Waals surface area contributed by atoms with Crippen molar-refractivity contribution >= 4 is 34.2 Å². The van der Waals surface area contributed by atoms with Crippen LogP contribution in [0, 0.1) is 0 Å². The number of rotatable bonds is 1. The average Bonchev–Trinajstić information content (AvgIpc) is 2.06. The molecule has 0 aliphatic carbocycles. The summed E-state index contributed by atoms with van der Waals surface area (Å²) in [4.78, 5) is 9.89. The third kappa shape index (κ3) is 2.27. The first-order chi connectivity index (χ1) is 5.74. The van der Waals surface area contributed by atoms with E-state index in [-0.39, 0.29) is 5.03 Å². The zero-order valence-electron chi connectivity index (χ0n) is 5.97. The number of hydrogen-bond donors (Lipinski definition) is 0. The molecule has 12 heavy (non-hydrogen) atoms. The van der Waals surface area contributed by atoms with Gasteiger partial charge in [0.1, 0.15) is 5.03 Å². The molecule has 0 aliphatic rings. The van der Waals surface area contributed by atoms with Gasteiger partial charge in [0.2, 0.25) is 0 Å². The Labute approximate surface area is 79.9 Å². The Morgan fingerprint density at radius 2 is 1.83 bits per heavy atom. The van der Waals surface area contributed by atoms with Crippen molar-refractivity contribution < 1.29 is 4.79 Å². The van der Waals surface area contributed by atoms with E-state index in [9.17, 15) is 4.79 Å². The van der Waals surface area contributed by atoms with E-state index in [0.29, 0.717) is 10.6 Å². The summed E-state index contributed by atoms with van der Waals surface area (Å²) < 4.78 is 0. The number of halogens is 2. The van der Waals surface area contributed by atoms with Gasteiger partial charge < -0.3 is 0 Å². The Morgan fingerprint density at radius 3 is 2.33 bits per heavy atom. The van der Waals surface area contributed by atoms with Crippen molar-refractivity contribution in [1.29, 1.82) is 0 Å². The van der Waals surface area contributed by atoms with Crippen LogP contribution in [0.2, 0.25) is 5.02 Å². The third-order valence-electron chi connectivity index (χ3n) is 1.26. The molecule has 60 valence electrons. The van der Waals surface area contributed by atoms with Crippen LogP contribution in [0.3, 0.4) is 0 Å². The molecule has 0 heterocycles. The largest absolute Gasteiger partial charge is 0.224 e. The fourth-order valence-corrected chi connectivity index (χ4v) is 1.00. The second kappa shape index (κ2) is 4.15. The second-order valence-electron chi connectivity index (χ2n) is 2.05. The van der Waals surface area contributed by atoms with Gasteiger partial charge in [0, 0.05) is 10.6 Å². The molecule has 1 nitrogen and oxygen atoms in total. The van der Waals surface area contributed by atoms with Crippen molar-refractivity contribution in [3.63, 3.8) is 0 Å². The zero-order valence-corrected chi connectivity index (χ0v) is 7.49. The molecular formula is C9H4Cl2O. The highest BCUT2D eigenvalue weighted by molar-refractivity contribution is 6.48. The summed E-state index contributed by atoms with van der Waals surface area (Å²) in [6, 6.07) is 6.78. The summed E-state index contributed by atoms with van der Waals surface area (Å²) in [5, 5.41) is 0.861. The van der Waals surface area contributed by atoms with Crippen LogP contribution in [0.1, 0.15) is 5.56 Å². The maximum atomic E-state index is 9.89. The maximum Gasteiger partial charge on any atom is 0.178 e. The molecule has 0 radical (unpaired) electrons. The third-order valence-corrected chi connectivity index (χ3v) is 1.82. The standard InChI is InChI=1S/C9H4Cl2O/c10-8-3-1-7(2-4-8)9(11)5-6-12/h1-4H. The minimum atomic E-state index is 0.238. The summed E-state index contributed by atoms with van der Waals surface area (Å²) in [6.07, 6.45) is 0. The molecule has 1 rings (SSSR count). The predicted molar refractivity (Wildman–Crippen MR) is 49.9 cm³/mol. The lowest BCUT2D eigenvalue weighted by Gasteiger charge is -1.94. The van der Waals surface area contributed by atoms with Crippen molar-refractivity contribution in [3.8, 4) is 0 Å². The molecule has 0 atom stereocenters. The first-order valence-corrected chi connectivity index (χ1v) is 3.91. The lowest BCUT2D eigenvalue weighted by molar-refractivity contribution is 0.569. The van der Waals surface area contributed by atoms with E-state index < -0.39 is 0 Å². The topological polar surface area (TPSA) is 17.1 Å². The van der Waals surface area contributed by atoms with E-state index in [2.05, 4.69) is 5.73 Å². The van der Waals surface area contributed by atoms with Crippen LogP contribution in [0.25, 0.3) is 5.03 Å². The van der Waals surface area contributed by atoms with Gasteiger partial charge in [-0.15, -0.1) is 0 Å². The SMILES string of the molecule is O=C=C=C(Cl)c1ccc(Cl)cc1. The quantitative estimate of drug-likeness (QED) is 0.502. The smallest absolute Gasteiger partial charge is 0.178 e. The molecule has 0 unspecified atom stereocenters. The minimum absolute atomic E-state index is 0.238. The van der Waals surface area contributed by atoms with Crippen LogP contribution < -0.4 is 0 Å². The van der Waals surface area contributed by atoms with Crippen LogP contribution >= 0.6 is 23.2 Å². The summed E-state index contributed by atoms with van der Waals surface area (Å²) in [6.45, 7) is 0. The van der Waals surface area contributed by atoms with Crippen LogP contribution in [0.4, 0.5) is 0 Å². The molecule has 0 saturated carbocycles. The van der Waals surface area contributed by atoms with Gasteiger partial charge in [-0.2, -0.15) is 0 Å². The molecule has 1 aromatic rings. The van der Waals surface area contributed by atoms with Crippen molar-refractivity contribution in [2.75, 3.05) is 0 Å². The molecular weight excluding hydrogens is 195 g/mol. The van der Waals surface area contributed by atoms with E-state index in [0.717, 1.165) is 0 Å².